The van der Waals surface area contributed by atoms with Crippen molar-refractivity contribution in [3.8, 4) is 0 Å². The van der Waals surface area contributed by atoms with Gasteiger partial charge in [0, 0.05) is 30.5 Å². The van der Waals surface area contributed by atoms with Crippen LogP contribution in [0.15, 0.2) is 18.5 Å². The number of morpholine rings is 1. The Kier molecular flexibility index (Phi) is 6.13. The Labute approximate surface area is 161 Å². The first-order valence-electron chi connectivity index (χ1n) is 7.68. The fraction of sp³-hybridized carbons (Fsp3) is 0.375. The summed E-state index contributed by atoms with van der Waals surface area (Å²) >= 11 is 8.60. The Morgan fingerprint density at radius 2 is 2.17 bits per heavy atom. The fourth-order valence-corrected chi connectivity index (χ4v) is 3.99. The molecule has 0 saturated carbocycles. The summed E-state index contributed by atoms with van der Waals surface area (Å²) in [5.74, 6) is 0. The van der Waals surface area contributed by atoms with Crippen LogP contribution in [0.25, 0.3) is 11.6 Å². The average Bonchev–Trinajstić information content (AvgIpc) is 3.08. The highest BCUT2D eigenvalue weighted by Gasteiger charge is 2.16. The summed E-state index contributed by atoms with van der Waals surface area (Å²) in [5.41, 5.74) is 5.42. The topological polar surface area (TPSA) is 43.2 Å². The monoisotopic (exact) mass is 476 g/mol. The van der Waals surface area contributed by atoms with Crippen molar-refractivity contribution in [3.63, 3.8) is 0 Å². The normalized spacial score (nSPS) is 16.3. The van der Waals surface area contributed by atoms with Gasteiger partial charge in [-0.15, -0.1) is 0 Å². The van der Waals surface area contributed by atoms with E-state index in [2.05, 4.69) is 63.1 Å². The molecule has 1 aliphatic rings. The van der Waals surface area contributed by atoms with Gasteiger partial charge in [0.1, 0.15) is 5.15 Å². The Morgan fingerprint density at radius 1 is 1.42 bits per heavy atom. The third-order valence-corrected chi connectivity index (χ3v) is 6.18. The number of rotatable bonds is 4. The first-order valence-corrected chi connectivity index (χ1v) is 12.1. The lowest BCUT2D eigenvalue weighted by molar-refractivity contribution is 0.122. The van der Waals surface area contributed by atoms with Crippen LogP contribution in [-0.4, -0.2) is 40.8 Å². The maximum absolute atomic E-state index is 6.28. The maximum Gasteiger partial charge on any atom is 0.131 e. The minimum absolute atomic E-state index is 0.519. The van der Waals surface area contributed by atoms with Gasteiger partial charge in [-0.2, -0.15) is 5.10 Å². The number of hydrogen-bond donors (Lipinski definition) is 0. The minimum Gasteiger partial charge on any atom is -0.378 e. The molecule has 0 aromatic carbocycles. The van der Waals surface area contributed by atoms with Crippen LogP contribution in [0.5, 0.6) is 0 Å². The molecule has 5 nitrogen and oxygen atoms in total. The zero-order valence-corrected chi connectivity index (χ0v) is 17.5. The molecule has 1 unspecified atom stereocenters. The molecular formula is C16H19ClIN4OP. The second-order valence-corrected chi connectivity index (χ2v) is 8.12. The van der Waals surface area contributed by atoms with Crippen LogP contribution in [0.2, 0.25) is 5.15 Å². The smallest absolute Gasteiger partial charge is 0.131 e. The SMILES string of the molecule is C/C(=C\c1nc(Cl)cc(N2CCOCC2)c1C)c1cnn(PI)c1. The fourth-order valence-electron chi connectivity index (χ4n) is 2.72. The molecule has 0 N–H and O–H groups in total. The van der Waals surface area contributed by atoms with E-state index in [0.717, 1.165) is 54.4 Å². The standard InChI is InChI=1S/C16H19ClIN4OP/c1-11(13-9-19-22(10-13)24-18)7-14-12(2)15(8-16(17)20-14)21-3-5-23-6-4-21/h7-10,24H,3-6H2,1-2H3/b11-7+. The van der Waals surface area contributed by atoms with E-state index in [-0.39, 0.29) is 0 Å². The summed E-state index contributed by atoms with van der Waals surface area (Å²) in [5, 5.41) is 4.86. The first kappa shape index (κ1) is 18.1. The molecule has 0 bridgehead atoms. The van der Waals surface area contributed by atoms with E-state index < -0.39 is 0 Å². The van der Waals surface area contributed by atoms with Gasteiger partial charge in [-0.3, -0.25) is 0 Å². The van der Waals surface area contributed by atoms with E-state index in [4.69, 9.17) is 16.3 Å². The van der Waals surface area contributed by atoms with Gasteiger partial charge in [0.25, 0.3) is 0 Å². The van der Waals surface area contributed by atoms with Crippen molar-refractivity contribution in [2.75, 3.05) is 31.2 Å². The number of aromatic nitrogens is 3. The third kappa shape index (κ3) is 4.10. The highest BCUT2D eigenvalue weighted by Crippen LogP contribution is 2.30. The number of halogens is 2. The highest BCUT2D eigenvalue weighted by atomic mass is 127. The lowest BCUT2D eigenvalue weighted by Gasteiger charge is -2.30. The van der Waals surface area contributed by atoms with Crippen LogP contribution >= 0.6 is 40.0 Å². The van der Waals surface area contributed by atoms with E-state index >= 15 is 0 Å². The molecule has 1 atom stereocenters. The molecule has 24 heavy (non-hydrogen) atoms. The predicted octanol–water partition coefficient (Wildman–Crippen LogP) is 4.43. The number of hydrogen-bond acceptors (Lipinski definition) is 4. The molecule has 1 fully saturated rings. The van der Waals surface area contributed by atoms with Crippen molar-refractivity contribution in [3.05, 3.63) is 40.4 Å². The molecule has 3 heterocycles. The van der Waals surface area contributed by atoms with Gasteiger partial charge in [0.15, 0.2) is 0 Å². The summed E-state index contributed by atoms with van der Waals surface area (Å²) in [7, 11) is 0. The Morgan fingerprint density at radius 3 is 2.83 bits per heavy atom. The Hall–Kier alpha value is -0.690. The number of ether oxygens (including phenoxy) is 1. The van der Waals surface area contributed by atoms with Gasteiger partial charge in [0.2, 0.25) is 0 Å². The first-order chi connectivity index (χ1) is 11.6. The van der Waals surface area contributed by atoms with Crippen LogP contribution in [0.1, 0.15) is 23.7 Å². The molecule has 0 spiro atoms. The van der Waals surface area contributed by atoms with E-state index in [1.165, 1.54) is 0 Å². The average molecular weight is 477 g/mol. The quantitative estimate of drug-likeness (QED) is 0.372. The van der Waals surface area contributed by atoms with Crippen molar-refractivity contribution < 1.29 is 4.74 Å². The zero-order chi connectivity index (χ0) is 17.1. The molecule has 2 aromatic heterocycles. The molecule has 1 aliphatic heterocycles. The van der Waals surface area contributed by atoms with Gasteiger partial charge in [0.05, 0.1) is 31.5 Å². The minimum atomic E-state index is 0.519. The van der Waals surface area contributed by atoms with Gasteiger partial charge in [-0.05, 0) is 59.2 Å². The molecule has 8 heteroatoms. The maximum atomic E-state index is 6.28. The summed E-state index contributed by atoms with van der Waals surface area (Å²) in [6, 6.07) is 1.95. The Balaban J connectivity index is 1.95. The van der Waals surface area contributed by atoms with Gasteiger partial charge >= 0.3 is 0 Å². The molecule has 3 rings (SSSR count). The molecule has 0 radical (unpaired) electrons. The van der Waals surface area contributed by atoms with Crippen molar-refractivity contribution in [1.82, 2.24) is 14.5 Å². The van der Waals surface area contributed by atoms with Crippen molar-refractivity contribution in [1.29, 1.82) is 0 Å². The zero-order valence-electron chi connectivity index (χ0n) is 13.6. The molecule has 128 valence electrons. The van der Waals surface area contributed by atoms with Crippen molar-refractivity contribution in [2.45, 2.75) is 13.8 Å². The van der Waals surface area contributed by atoms with Crippen LogP contribution in [0, 0.1) is 6.92 Å². The van der Waals surface area contributed by atoms with Crippen molar-refractivity contribution >= 4 is 57.4 Å². The van der Waals surface area contributed by atoms with E-state index in [0.29, 0.717) is 11.5 Å². The molecule has 0 aliphatic carbocycles. The molecule has 0 amide bonds. The number of anilines is 1. The molecular weight excluding hydrogens is 458 g/mol. The van der Waals surface area contributed by atoms with Crippen LogP contribution in [0.4, 0.5) is 5.69 Å². The highest BCUT2D eigenvalue weighted by molar-refractivity contribution is 14.2. The van der Waals surface area contributed by atoms with Crippen LogP contribution in [-0.2, 0) is 4.74 Å². The lowest BCUT2D eigenvalue weighted by Crippen LogP contribution is -2.36. The number of pyridine rings is 1. The van der Waals surface area contributed by atoms with Gasteiger partial charge in [-0.1, -0.05) is 11.6 Å². The summed E-state index contributed by atoms with van der Waals surface area (Å²) in [6.07, 6.45) is 6.63. The summed E-state index contributed by atoms with van der Waals surface area (Å²) < 4.78 is 7.38. The largest absolute Gasteiger partial charge is 0.378 e. The number of nitrogens with zero attached hydrogens (tertiary/aromatic N) is 4. The van der Waals surface area contributed by atoms with Crippen molar-refractivity contribution in [2.24, 2.45) is 0 Å². The van der Waals surface area contributed by atoms with Gasteiger partial charge < -0.3 is 9.64 Å². The lowest BCUT2D eigenvalue weighted by atomic mass is 10.1. The summed E-state index contributed by atoms with van der Waals surface area (Å²) in [4.78, 5) is 6.84. The predicted molar refractivity (Wildman–Crippen MR) is 111 cm³/mol. The van der Waals surface area contributed by atoms with E-state index in [9.17, 15) is 0 Å². The number of allylic oxidation sites excluding steroid dienone is 1. The van der Waals surface area contributed by atoms with E-state index in [1.807, 2.05) is 16.7 Å². The van der Waals surface area contributed by atoms with Crippen LogP contribution < -0.4 is 4.90 Å². The van der Waals surface area contributed by atoms with Crippen LogP contribution in [0.3, 0.4) is 0 Å². The second kappa shape index (κ2) is 8.13. The molecule has 2 aromatic rings. The third-order valence-electron chi connectivity index (χ3n) is 4.08. The molecule has 1 saturated heterocycles. The second-order valence-electron chi connectivity index (χ2n) is 5.66. The Bertz CT molecular complexity index is 759. The van der Waals surface area contributed by atoms with Gasteiger partial charge in [-0.25, -0.2) is 9.44 Å². The summed E-state index contributed by atoms with van der Waals surface area (Å²) in [6.45, 7) is 7.44. The van der Waals surface area contributed by atoms with E-state index in [1.54, 1.807) is 0 Å².